The molecule has 1 unspecified atom stereocenters. The van der Waals surface area contributed by atoms with E-state index < -0.39 is 17.3 Å². The molecule has 2 aliphatic rings. The summed E-state index contributed by atoms with van der Waals surface area (Å²) in [6, 6.07) is 6.56. The quantitative estimate of drug-likeness (QED) is 0.855. The van der Waals surface area contributed by atoms with Gasteiger partial charge in [-0.2, -0.15) is 0 Å². The molecule has 5 nitrogen and oxygen atoms in total. The molecule has 0 aromatic heterocycles. The molecule has 1 saturated carbocycles. The van der Waals surface area contributed by atoms with Crippen molar-refractivity contribution in [1.29, 1.82) is 0 Å². The molecule has 2 amide bonds. The lowest BCUT2D eigenvalue weighted by Gasteiger charge is -2.22. The van der Waals surface area contributed by atoms with Crippen LogP contribution < -0.4 is 5.32 Å². The van der Waals surface area contributed by atoms with Gasteiger partial charge in [0, 0.05) is 38.8 Å². The fourth-order valence-electron chi connectivity index (χ4n) is 3.77. The van der Waals surface area contributed by atoms with E-state index >= 15 is 0 Å². The van der Waals surface area contributed by atoms with Crippen molar-refractivity contribution in [3.8, 4) is 5.75 Å². The summed E-state index contributed by atoms with van der Waals surface area (Å²) in [5.74, 6) is -3.34. The summed E-state index contributed by atoms with van der Waals surface area (Å²) in [6.07, 6.45) is 1.20. The second kappa shape index (κ2) is 6.78. The predicted octanol–water partition coefficient (Wildman–Crippen LogP) is 2.64. The smallest absolute Gasteiger partial charge is 0.317 e. The number of rotatable bonds is 5. The minimum Gasteiger partial charge on any atom is -0.508 e. The third-order valence-electron chi connectivity index (χ3n) is 5.58. The van der Waals surface area contributed by atoms with Gasteiger partial charge in [-0.05, 0) is 30.9 Å². The largest absolute Gasteiger partial charge is 0.508 e. The number of ether oxygens (including phenoxy) is 1. The standard InChI is InChI=1S/C18H24F2N2O3/c1-22(9-6-13-4-2-3-5-14(13)23)16(24)21-12-15-17(18(15,19)20)7-10-25-11-8-17/h2-5,15,23H,6-12H2,1H3,(H,21,24). The number of carbonyl (C=O) groups excluding carboxylic acids is 1. The second-order valence-electron chi connectivity index (χ2n) is 6.93. The van der Waals surface area contributed by atoms with E-state index in [1.54, 1.807) is 25.2 Å². The van der Waals surface area contributed by atoms with Gasteiger partial charge in [0.25, 0.3) is 5.92 Å². The highest BCUT2D eigenvalue weighted by molar-refractivity contribution is 5.74. The fourth-order valence-corrected chi connectivity index (χ4v) is 3.77. The summed E-state index contributed by atoms with van der Waals surface area (Å²) in [5.41, 5.74) is -0.246. The number of hydrogen-bond donors (Lipinski definition) is 2. The fraction of sp³-hybridized carbons (Fsp3) is 0.611. The number of hydrogen-bond acceptors (Lipinski definition) is 3. The van der Waals surface area contributed by atoms with Gasteiger partial charge in [-0.25, -0.2) is 13.6 Å². The summed E-state index contributed by atoms with van der Waals surface area (Å²) in [7, 11) is 1.62. The maximum absolute atomic E-state index is 14.2. The highest BCUT2D eigenvalue weighted by atomic mass is 19.3. The summed E-state index contributed by atoms with van der Waals surface area (Å²) in [5, 5.41) is 12.4. The number of amides is 2. The number of halogens is 2. The molecule has 1 spiro atoms. The number of nitrogens with zero attached hydrogens (tertiary/aromatic N) is 1. The van der Waals surface area contributed by atoms with Gasteiger partial charge in [-0.15, -0.1) is 0 Å². The Bertz CT molecular complexity index is 633. The molecule has 1 aliphatic carbocycles. The first kappa shape index (κ1) is 17.9. The van der Waals surface area contributed by atoms with E-state index in [0.29, 0.717) is 39.0 Å². The molecule has 2 fully saturated rings. The summed E-state index contributed by atoms with van der Waals surface area (Å²) in [6.45, 7) is 1.09. The van der Waals surface area contributed by atoms with Gasteiger partial charge in [-0.3, -0.25) is 0 Å². The van der Waals surface area contributed by atoms with E-state index in [4.69, 9.17) is 4.74 Å². The third kappa shape index (κ3) is 3.29. The number of urea groups is 1. The molecule has 1 saturated heterocycles. The van der Waals surface area contributed by atoms with Crippen molar-refractivity contribution in [3.05, 3.63) is 29.8 Å². The molecule has 1 atom stereocenters. The van der Waals surface area contributed by atoms with Crippen LogP contribution in [-0.2, 0) is 11.2 Å². The Morgan fingerprint density at radius 1 is 1.36 bits per heavy atom. The summed E-state index contributed by atoms with van der Waals surface area (Å²) in [4.78, 5) is 13.6. The van der Waals surface area contributed by atoms with Crippen LogP contribution in [0.25, 0.3) is 0 Å². The van der Waals surface area contributed by atoms with E-state index in [1.165, 1.54) is 4.90 Å². The number of aromatic hydroxyl groups is 1. The average molecular weight is 354 g/mol. The van der Waals surface area contributed by atoms with Crippen LogP contribution in [0.5, 0.6) is 5.75 Å². The Kier molecular flexibility index (Phi) is 4.86. The zero-order chi connectivity index (χ0) is 18.1. The van der Waals surface area contributed by atoms with E-state index in [-0.39, 0.29) is 18.3 Å². The Morgan fingerprint density at radius 3 is 2.72 bits per heavy atom. The van der Waals surface area contributed by atoms with E-state index in [0.717, 1.165) is 5.56 Å². The van der Waals surface area contributed by atoms with Crippen LogP contribution in [0, 0.1) is 11.3 Å². The molecule has 0 radical (unpaired) electrons. The Morgan fingerprint density at radius 2 is 2.04 bits per heavy atom. The van der Waals surface area contributed by atoms with Crippen LogP contribution in [0.3, 0.4) is 0 Å². The summed E-state index contributed by atoms with van der Waals surface area (Å²) >= 11 is 0. The SMILES string of the molecule is CN(CCc1ccccc1O)C(=O)NCC1C(F)(F)C12CCOCC2. The van der Waals surface area contributed by atoms with E-state index in [2.05, 4.69) is 5.32 Å². The molecule has 1 aliphatic heterocycles. The average Bonchev–Trinajstić information content (AvgIpc) is 3.04. The van der Waals surface area contributed by atoms with Crippen molar-refractivity contribution in [3.63, 3.8) is 0 Å². The van der Waals surface area contributed by atoms with Crippen molar-refractivity contribution in [2.75, 3.05) is 33.4 Å². The number of alkyl halides is 2. The Balaban J connectivity index is 1.47. The molecule has 1 aromatic rings. The van der Waals surface area contributed by atoms with Crippen LogP contribution >= 0.6 is 0 Å². The number of nitrogens with one attached hydrogen (secondary N) is 1. The zero-order valence-corrected chi connectivity index (χ0v) is 14.3. The highest BCUT2D eigenvalue weighted by Crippen LogP contribution is 2.70. The summed E-state index contributed by atoms with van der Waals surface area (Å²) < 4.78 is 33.5. The van der Waals surface area contributed by atoms with Crippen molar-refractivity contribution < 1.29 is 23.4 Å². The van der Waals surface area contributed by atoms with Crippen molar-refractivity contribution in [2.24, 2.45) is 11.3 Å². The zero-order valence-electron chi connectivity index (χ0n) is 14.3. The lowest BCUT2D eigenvalue weighted by atomic mass is 9.93. The molecule has 1 aromatic carbocycles. The molecule has 2 N–H and O–H groups in total. The van der Waals surface area contributed by atoms with Crippen LogP contribution in [0.4, 0.5) is 13.6 Å². The van der Waals surface area contributed by atoms with Gasteiger partial charge in [0.1, 0.15) is 5.75 Å². The second-order valence-corrected chi connectivity index (χ2v) is 6.93. The number of carbonyl (C=O) groups is 1. The number of para-hydroxylation sites is 1. The first-order chi connectivity index (χ1) is 11.9. The third-order valence-corrected chi connectivity index (χ3v) is 5.58. The van der Waals surface area contributed by atoms with Crippen molar-refractivity contribution >= 4 is 6.03 Å². The highest BCUT2D eigenvalue weighted by Gasteiger charge is 2.79. The van der Waals surface area contributed by atoms with Crippen LogP contribution in [-0.4, -0.2) is 55.3 Å². The maximum Gasteiger partial charge on any atom is 0.317 e. The van der Waals surface area contributed by atoms with Crippen LogP contribution in [0.1, 0.15) is 18.4 Å². The molecule has 0 bridgehead atoms. The predicted molar refractivity (Wildman–Crippen MR) is 88.8 cm³/mol. The van der Waals surface area contributed by atoms with Gasteiger partial charge in [0.05, 0.1) is 5.92 Å². The topological polar surface area (TPSA) is 61.8 Å². The molecule has 138 valence electrons. The monoisotopic (exact) mass is 354 g/mol. The molecular formula is C18H24F2N2O3. The Labute approximate surface area is 146 Å². The lowest BCUT2D eigenvalue weighted by molar-refractivity contribution is -0.00828. The minimum atomic E-state index is -2.72. The minimum absolute atomic E-state index is 0.0211. The van der Waals surface area contributed by atoms with Crippen molar-refractivity contribution in [1.82, 2.24) is 10.2 Å². The molecule has 7 heteroatoms. The van der Waals surface area contributed by atoms with Crippen LogP contribution in [0.2, 0.25) is 0 Å². The molecule has 3 rings (SSSR count). The molecule has 1 heterocycles. The normalized spacial score (nSPS) is 23.2. The van der Waals surface area contributed by atoms with Gasteiger partial charge in [0.2, 0.25) is 0 Å². The van der Waals surface area contributed by atoms with Crippen LogP contribution in [0.15, 0.2) is 24.3 Å². The number of likely N-dealkylation sites (N-methyl/N-ethyl adjacent to an activating group) is 1. The van der Waals surface area contributed by atoms with Gasteiger partial charge in [-0.1, -0.05) is 18.2 Å². The van der Waals surface area contributed by atoms with Gasteiger partial charge in [0.15, 0.2) is 0 Å². The number of phenolic OH excluding ortho intramolecular Hbond substituents is 1. The molecule has 25 heavy (non-hydrogen) atoms. The number of benzene rings is 1. The van der Waals surface area contributed by atoms with Gasteiger partial charge < -0.3 is 20.1 Å². The Hall–Kier alpha value is -1.89. The first-order valence-electron chi connectivity index (χ1n) is 8.60. The maximum atomic E-state index is 14.2. The number of phenols is 1. The van der Waals surface area contributed by atoms with Crippen molar-refractivity contribution in [2.45, 2.75) is 25.2 Å². The van der Waals surface area contributed by atoms with E-state index in [1.807, 2.05) is 6.07 Å². The van der Waals surface area contributed by atoms with E-state index in [9.17, 15) is 18.7 Å². The first-order valence-corrected chi connectivity index (χ1v) is 8.60. The molecular weight excluding hydrogens is 330 g/mol. The lowest BCUT2D eigenvalue weighted by Crippen LogP contribution is -2.40. The van der Waals surface area contributed by atoms with Gasteiger partial charge >= 0.3 is 6.03 Å².